The van der Waals surface area contributed by atoms with E-state index in [9.17, 15) is 4.79 Å². The Morgan fingerprint density at radius 3 is 2.79 bits per heavy atom. The molecule has 2 aromatic carbocycles. The van der Waals surface area contributed by atoms with Crippen molar-refractivity contribution in [1.29, 1.82) is 5.26 Å². The van der Waals surface area contributed by atoms with Gasteiger partial charge in [0.25, 0.3) is 0 Å². The van der Waals surface area contributed by atoms with E-state index in [1.807, 2.05) is 6.07 Å². The number of halogens is 2. The SMILES string of the molecule is CC(=O)On1nnc2c(Oc3cc(Cl)cc(C#N)c3)c(Cl)ccc21. The van der Waals surface area contributed by atoms with Gasteiger partial charge in [-0.05, 0) is 35.5 Å². The zero-order chi connectivity index (χ0) is 17.3. The molecule has 0 aliphatic carbocycles. The minimum absolute atomic E-state index is 0.207. The van der Waals surface area contributed by atoms with Crippen LogP contribution in [-0.4, -0.2) is 21.1 Å². The van der Waals surface area contributed by atoms with E-state index in [0.717, 1.165) is 4.85 Å². The fourth-order valence-electron chi connectivity index (χ4n) is 2.01. The number of benzene rings is 2. The van der Waals surface area contributed by atoms with Crippen LogP contribution in [0, 0.1) is 11.3 Å². The minimum atomic E-state index is -0.548. The average Bonchev–Trinajstić information content (AvgIpc) is 2.92. The van der Waals surface area contributed by atoms with Crippen molar-refractivity contribution in [3.05, 3.63) is 45.9 Å². The molecule has 0 saturated carbocycles. The van der Waals surface area contributed by atoms with Crippen LogP contribution in [0.2, 0.25) is 10.0 Å². The first-order valence-electron chi connectivity index (χ1n) is 6.59. The van der Waals surface area contributed by atoms with Crippen LogP contribution in [0.25, 0.3) is 11.0 Å². The van der Waals surface area contributed by atoms with Crippen LogP contribution in [0.3, 0.4) is 0 Å². The molecule has 0 aliphatic rings. The molecule has 3 rings (SSSR count). The lowest BCUT2D eigenvalue weighted by Crippen LogP contribution is -2.17. The summed E-state index contributed by atoms with van der Waals surface area (Å²) in [4.78, 5) is 17.0. The molecular weight excluding hydrogens is 355 g/mol. The Bertz CT molecular complexity index is 994. The van der Waals surface area contributed by atoms with Crippen LogP contribution >= 0.6 is 23.2 Å². The number of nitriles is 1. The molecule has 1 heterocycles. The summed E-state index contributed by atoms with van der Waals surface area (Å²) in [5.41, 5.74) is 1.03. The zero-order valence-corrected chi connectivity index (χ0v) is 13.7. The van der Waals surface area contributed by atoms with Crippen molar-refractivity contribution in [2.24, 2.45) is 0 Å². The first-order valence-corrected chi connectivity index (χ1v) is 7.35. The molecule has 0 fully saturated rings. The maximum absolute atomic E-state index is 11.1. The van der Waals surface area contributed by atoms with Crippen LogP contribution in [0.4, 0.5) is 0 Å². The molecule has 1 aromatic heterocycles. The maximum atomic E-state index is 11.1. The van der Waals surface area contributed by atoms with Gasteiger partial charge in [-0.1, -0.05) is 28.0 Å². The largest absolute Gasteiger partial charge is 0.453 e. The molecular formula is C15H8Cl2N4O3. The number of hydrogen-bond acceptors (Lipinski definition) is 6. The average molecular weight is 363 g/mol. The number of nitrogens with zero attached hydrogens (tertiary/aromatic N) is 4. The van der Waals surface area contributed by atoms with Crippen LogP contribution in [0.5, 0.6) is 11.5 Å². The Morgan fingerprint density at radius 1 is 1.29 bits per heavy atom. The fraction of sp³-hybridized carbons (Fsp3) is 0.0667. The second kappa shape index (κ2) is 6.35. The number of hydrogen-bond donors (Lipinski definition) is 0. The highest BCUT2D eigenvalue weighted by Crippen LogP contribution is 2.36. The summed E-state index contributed by atoms with van der Waals surface area (Å²) in [6, 6.07) is 9.68. The van der Waals surface area contributed by atoms with Gasteiger partial charge in [0.05, 0.1) is 16.7 Å². The van der Waals surface area contributed by atoms with E-state index in [-0.39, 0.29) is 10.8 Å². The lowest BCUT2D eigenvalue weighted by molar-refractivity contribution is -0.142. The third kappa shape index (κ3) is 3.11. The Balaban J connectivity index is 2.08. The molecule has 0 N–H and O–H groups in total. The highest BCUT2D eigenvalue weighted by Gasteiger charge is 2.17. The van der Waals surface area contributed by atoms with Crippen LogP contribution in [-0.2, 0) is 4.79 Å². The molecule has 0 unspecified atom stereocenters. The molecule has 24 heavy (non-hydrogen) atoms. The maximum Gasteiger partial charge on any atom is 0.332 e. The van der Waals surface area contributed by atoms with E-state index < -0.39 is 5.97 Å². The second-order valence-corrected chi connectivity index (χ2v) is 5.52. The lowest BCUT2D eigenvalue weighted by atomic mass is 10.2. The fourth-order valence-corrected chi connectivity index (χ4v) is 2.43. The molecule has 0 aliphatic heterocycles. The molecule has 9 heteroatoms. The molecule has 0 bridgehead atoms. The van der Waals surface area contributed by atoms with Crippen molar-refractivity contribution in [2.45, 2.75) is 6.92 Å². The van der Waals surface area contributed by atoms with Gasteiger partial charge in [0.1, 0.15) is 11.3 Å². The molecule has 0 atom stereocenters. The Kier molecular flexibility index (Phi) is 4.25. The van der Waals surface area contributed by atoms with Crippen LogP contribution in [0.15, 0.2) is 30.3 Å². The van der Waals surface area contributed by atoms with E-state index in [4.69, 9.17) is 38.0 Å². The monoisotopic (exact) mass is 362 g/mol. The first-order chi connectivity index (χ1) is 11.5. The Hall–Kier alpha value is -2.82. The van der Waals surface area contributed by atoms with E-state index in [1.165, 1.54) is 25.1 Å². The normalized spacial score (nSPS) is 10.4. The van der Waals surface area contributed by atoms with Gasteiger partial charge in [-0.3, -0.25) is 0 Å². The van der Waals surface area contributed by atoms with E-state index >= 15 is 0 Å². The topological polar surface area (TPSA) is 90.0 Å². The number of fused-ring (bicyclic) bond motifs is 1. The summed E-state index contributed by atoms with van der Waals surface area (Å²) in [5.74, 6) is -0.0260. The van der Waals surface area contributed by atoms with Crippen LogP contribution in [0.1, 0.15) is 12.5 Å². The second-order valence-electron chi connectivity index (χ2n) is 4.68. The quantitative estimate of drug-likeness (QED) is 0.663. The number of rotatable bonds is 3. The first kappa shape index (κ1) is 16.1. The third-order valence-electron chi connectivity index (χ3n) is 2.93. The molecule has 120 valence electrons. The number of ether oxygens (including phenoxy) is 1. The number of carbonyl (C=O) groups is 1. The predicted octanol–water partition coefficient (Wildman–Crippen LogP) is 3.38. The Morgan fingerprint density at radius 2 is 2.08 bits per heavy atom. The number of aromatic nitrogens is 3. The van der Waals surface area contributed by atoms with Crippen molar-refractivity contribution >= 4 is 40.2 Å². The van der Waals surface area contributed by atoms with Crippen molar-refractivity contribution in [3.63, 3.8) is 0 Å². The summed E-state index contributed by atoms with van der Waals surface area (Å²) >= 11 is 12.1. The van der Waals surface area contributed by atoms with Gasteiger partial charge in [-0.2, -0.15) is 5.26 Å². The van der Waals surface area contributed by atoms with Gasteiger partial charge >= 0.3 is 5.97 Å². The summed E-state index contributed by atoms with van der Waals surface area (Å²) in [6.45, 7) is 1.25. The van der Waals surface area contributed by atoms with Crippen LogP contribution < -0.4 is 9.57 Å². The molecule has 0 spiro atoms. The molecule has 0 radical (unpaired) electrons. The molecule has 0 saturated heterocycles. The van der Waals surface area contributed by atoms with Crippen molar-refractivity contribution in [3.8, 4) is 17.6 Å². The highest BCUT2D eigenvalue weighted by atomic mass is 35.5. The number of carbonyl (C=O) groups excluding carboxylic acids is 1. The van der Waals surface area contributed by atoms with Gasteiger partial charge in [-0.15, -0.1) is 5.10 Å². The Labute approximate surface area is 145 Å². The lowest BCUT2D eigenvalue weighted by Gasteiger charge is -2.09. The summed E-state index contributed by atoms with van der Waals surface area (Å²) < 4.78 is 5.74. The van der Waals surface area contributed by atoms with Crippen molar-refractivity contribution in [2.75, 3.05) is 0 Å². The highest BCUT2D eigenvalue weighted by molar-refractivity contribution is 6.33. The van der Waals surface area contributed by atoms with Crippen molar-refractivity contribution in [1.82, 2.24) is 15.2 Å². The smallest absolute Gasteiger partial charge is 0.332 e. The van der Waals surface area contributed by atoms with Crippen molar-refractivity contribution < 1.29 is 14.4 Å². The molecule has 0 amide bonds. The standard InChI is InChI=1S/C15H8Cl2N4O3/c1-8(22)24-21-13-3-2-12(17)15(14(13)19-20-21)23-11-5-9(7-18)4-10(16)6-11/h2-6H,1H3. The van der Waals surface area contributed by atoms with E-state index in [0.29, 0.717) is 27.4 Å². The summed E-state index contributed by atoms with van der Waals surface area (Å²) in [5, 5.41) is 17.3. The van der Waals surface area contributed by atoms with Gasteiger partial charge in [0.2, 0.25) is 0 Å². The minimum Gasteiger partial charge on any atom is -0.453 e. The predicted molar refractivity (Wildman–Crippen MR) is 86.0 cm³/mol. The van der Waals surface area contributed by atoms with Gasteiger partial charge in [-0.25, -0.2) is 4.79 Å². The summed E-state index contributed by atoms with van der Waals surface area (Å²) in [7, 11) is 0. The zero-order valence-electron chi connectivity index (χ0n) is 12.2. The van der Waals surface area contributed by atoms with Gasteiger partial charge < -0.3 is 9.57 Å². The van der Waals surface area contributed by atoms with Gasteiger partial charge in [0, 0.05) is 11.9 Å². The van der Waals surface area contributed by atoms with E-state index in [1.54, 1.807) is 12.1 Å². The third-order valence-corrected chi connectivity index (χ3v) is 3.45. The van der Waals surface area contributed by atoms with E-state index in [2.05, 4.69) is 10.3 Å². The molecule has 7 nitrogen and oxygen atoms in total. The molecule has 3 aromatic rings. The van der Waals surface area contributed by atoms with Gasteiger partial charge in [0.15, 0.2) is 11.3 Å². The summed E-state index contributed by atoms with van der Waals surface area (Å²) in [6.07, 6.45) is 0.